The molecule has 0 saturated heterocycles. The zero-order valence-corrected chi connectivity index (χ0v) is 17.4. The molecule has 0 spiro atoms. The number of aryl methyl sites for hydroxylation is 2. The van der Waals surface area contributed by atoms with Crippen LogP contribution in [0.15, 0.2) is 70.8 Å². The maximum Gasteiger partial charge on any atom is 0.259 e. The van der Waals surface area contributed by atoms with Crippen molar-refractivity contribution >= 4 is 11.6 Å². The van der Waals surface area contributed by atoms with Gasteiger partial charge in [0, 0.05) is 16.8 Å². The summed E-state index contributed by atoms with van der Waals surface area (Å²) in [7, 11) is 0. The third kappa shape index (κ3) is 3.47. The SMILES string of the molecule is Cc1ccc(Cn2c(C)cc3c(c2=O)C(c2ccc(Cl)cc2)C(C#N)=C(N)O3)cc1. The molecule has 6 heteroatoms. The Balaban J connectivity index is 1.90. The molecule has 0 amide bonds. The summed E-state index contributed by atoms with van der Waals surface area (Å²) in [6.07, 6.45) is 0. The predicted molar refractivity (Wildman–Crippen MR) is 116 cm³/mol. The summed E-state index contributed by atoms with van der Waals surface area (Å²) < 4.78 is 7.39. The van der Waals surface area contributed by atoms with Crippen molar-refractivity contribution in [3.05, 3.63) is 109 Å². The number of nitriles is 1. The van der Waals surface area contributed by atoms with Crippen LogP contribution < -0.4 is 16.0 Å². The van der Waals surface area contributed by atoms with Gasteiger partial charge in [-0.3, -0.25) is 4.79 Å². The lowest BCUT2D eigenvalue weighted by Crippen LogP contribution is -2.33. The Kier molecular flexibility index (Phi) is 5.11. The number of aromatic nitrogens is 1. The van der Waals surface area contributed by atoms with E-state index in [4.69, 9.17) is 22.1 Å². The highest BCUT2D eigenvalue weighted by Gasteiger charge is 2.34. The van der Waals surface area contributed by atoms with Gasteiger partial charge in [-0.2, -0.15) is 5.26 Å². The summed E-state index contributed by atoms with van der Waals surface area (Å²) in [5, 5.41) is 10.3. The third-order valence-electron chi connectivity index (χ3n) is 5.35. The number of pyridine rings is 1. The van der Waals surface area contributed by atoms with Crippen molar-refractivity contribution in [1.29, 1.82) is 5.26 Å². The Bertz CT molecular complexity index is 1250. The molecule has 0 fully saturated rings. The third-order valence-corrected chi connectivity index (χ3v) is 5.61. The lowest BCUT2D eigenvalue weighted by molar-refractivity contribution is 0.389. The highest BCUT2D eigenvalue weighted by atomic mass is 35.5. The fourth-order valence-electron chi connectivity index (χ4n) is 3.75. The van der Waals surface area contributed by atoms with E-state index >= 15 is 0 Å². The van der Waals surface area contributed by atoms with Gasteiger partial charge in [0.05, 0.1) is 18.0 Å². The monoisotopic (exact) mass is 417 g/mol. The number of nitrogens with zero attached hydrogens (tertiary/aromatic N) is 2. The van der Waals surface area contributed by atoms with Crippen LogP contribution in [0.25, 0.3) is 0 Å². The van der Waals surface area contributed by atoms with Gasteiger partial charge in [0.1, 0.15) is 17.4 Å². The van der Waals surface area contributed by atoms with Crippen LogP contribution in [0.5, 0.6) is 5.75 Å². The van der Waals surface area contributed by atoms with Gasteiger partial charge in [0.25, 0.3) is 5.56 Å². The highest BCUT2D eigenvalue weighted by Crippen LogP contribution is 2.40. The molecule has 4 rings (SSSR count). The number of ether oxygens (including phenoxy) is 1. The summed E-state index contributed by atoms with van der Waals surface area (Å²) in [4.78, 5) is 13.6. The molecule has 3 aromatic rings. The number of hydrogen-bond acceptors (Lipinski definition) is 4. The summed E-state index contributed by atoms with van der Waals surface area (Å²) in [5.41, 5.74) is 10.1. The number of benzene rings is 2. The molecular formula is C24H20ClN3O2. The second-order valence-electron chi connectivity index (χ2n) is 7.42. The second-order valence-corrected chi connectivity index (χ2v) is 7.85. The van der Waals surface area contributed by atoms with Gasteiger partial charge in [-0.1, -0.05) is 53.6 Å². The van der Waals surface area contributed by atoms with Gasteiger partial charge in [-0.25, -0.2) is 0 Å². The fourth-order valence-corrected chi connectivity index (χ4v) is 3.87. The molecule has 5 nitrogen and oxygen atoms in total. The molecule has 0 saturated carbocycles. The first-order valence-electron chi connectivity index (χ1n) is 9.52. The Labute approximate surface area is 179 Å². The van der Waals surface area contributed by atoms with E-state index in [1.807, 2.05) is 38.1 Å². The first-order chi connectivity index (χ1) is 14.4. The average Bonchev–Trinajstić information content (AvgIpc) is 2.72. The Morgan fingerprint density at radius 3 is 2.43 bits per heavy atom. The number of hydrogen-bond donors (Lipinski definition) is 1. The van der Waals surface area contributed by atoms with Gasteiger partial charge >= 0.3 is 0 Å². The van der Waals surface area contributed by atoms with E-state index in [0.717, 1.165) is 22.4 Å². The zero-order valence-electron chi connectivity index (χ0n) is 16.6. The van der Waals surface area contributed by atoms with E-state index in [0.29, 0.717) is 22.9 Å². The van der Waals surface area contributed by atoms with E-state index in [-0.39, 0.29) is 17.0 Å². The molecule has 0 aliphatic carbocycles. The van der Waals surface area contributed by atoms with Crippen LogP contribution in [0.2, 0.25) is 5.02 Å². The van der Waals surface area contributed by atoms with Gasteiger partial charge < -0.3 is 15.0 Å². The number of halogens is 1. The maximum absolute atomic E-state index is 13.6. The Morgan fingerprint density at radius 2 is 1.80 bits per heavy atom. The van der Waals surface area contributed by atoms with Crippen molar-refractivity contribution < 1.29 is 4.74 Å². The molecule has 1 aliphatic heterocycles. The number of fused-ring (bicyclic) bond motifs is 1. The predicted octanol–water partition coefficient (Wildman–Crippen LogP) is 4.39. The summed E-state index contributed by atoms with van der Waals surface area (Å²) in [6.45, 7) is 4.30. The minimum atomic E-state index is -0.617. The summed E-state index contributed by atoms with van der Waals surface area (Å²) in [5.74, 6) is -0.220. The largest absolute Gasteiger partial charge is 0.440 e. The zero-order chi connectivity index (χ0) is 21.4. The van der Waals surface area contributed by atoms with Crippen molar-refractivity contribution in [3.63, 3.8) is 0 Å². The van der Waals surface area contributed by atoms with Gasteiger partial charge in [-0.05, 0) is 37.1 Å². The van der Waals surface area contributed by atoms with Gasteiger partial charge in [-0.15, -0.1) is 0 Å². The molecule has 2 N–H and O–H groups in total. The van der Waals surface area contributed by atoms with E-state index in [9.17, 15) is 10.1 Å². The molecule has 2 aromatic carbocycles. The molecule has 0 radical (unpaired) electrons. The van der Waals surface area contributed by atoms with Gasteiger partial charge in [0.15, 0.2) is 0 Å². The van der Waals surface area contributed by atoms with Crippen LogP contribution >= 0.6 is 11.6 Å². The van der Waals surface area contributed by atoms with E-state index in [1.165, 1.54) is 0 Å². The van der Waals surface area contributed by atoms with E-state index in [1.54, 1.807) is 34.9 Å². The Morgan fingerprint density at radius 1 is 1.13 bits per heavy atom. The van der Waals surface area contributed by atoms with Crippen LogP contribution in [0, 0.1) is 25.2 Å². The molecule has 2 heterocycles. The number of rotatable bonds is 3. The fraction of sp³-hybridized carbons (Fsp3) is 0.167. The maximum atomic E-state index is 13.6. The van der Waals surface area contributed by atoms with Crippen molar-refractivity contribution in [2.75, 3.05) is 0 Å². The molecule has 1 unspecified atom stereocenters. The molecular weight excluding hydrogens is 398 g/mol. The van der Waals surface area contributed by atoms with Gasteiger partial charge in [0.2, 0.25) is 5.88 Å². The van der Waals surface area contributed by atoms with Crippen LogP contribution in [0.4, 0.5) is 0 Å². The van der Waals surface area contributed by atoms with Crippen LogP contribution in [-0.4, -0.2) is 4.57 Å². The molecule has 1 atom stereocenters. The minimum absolute atomic E-state index is 0.0139. The van der Waals surface area contributed by atoms with Crippen molar-refractivity contribution in [1.82, 2.24) is 4.57 Å². The number of allylic oxidation sites excluding steroid dienone is 1. The molecule has 1 aliphatic rings. The first-order valence-corrected chi connectivity index (χ1v) is 9.89. The topological polar surface area (TPSA) is 81.0 Å². The quantitative estimate of drug-likeness (QED) is 0.685. The average molecular weight is 418 g/mol. The van der Waals surface area contributed by atoms with E-state index in [2.05, 4.69) is 6.07 Å². The van der Waals surface area contributed by atoms with Crippen LogP contribution in [0.1, 0.15) is 33.9 Å². The molecule has 30 heavy (non-hydrogen) atoms. The lowest BCUT2D eigenvalue weighted by Gasteiger charge is -2.27. The van der Waals surface area contributed by atoms with Crippen LogP contribution in [-0.2, 0) is 6.54 Å². The molecule has 0 bridgehead atoms. The normalized spacial score (nSPS) is 15.3. The summed E-state index contributed by atoms with van der Waals surface area (Å²) >= 11 is 6.04. The van der Waals surface area contributed by atoms with Crippen molar-refractivity contribution in [3.8, 4) is 11.8 Å². The number of nitrogens with two attached hydrogens (primary N) is 1. The highest BCUT2D eigenvalue weighted by molar-refractivity contribution is 6.30. The standard InChI is InChI=1S/C24H20ClN3O2/c1-14-3-5-16(6-4-14)13-28-15(2)11-20-22(24(28)29)21(19(12-26)23(27)30-20)17-7-9-18(25)10-8-17/h3-11,21H,13,27H2,1-2H3. The summed E-state index contributed by atoms with van der Waals surface area (Å²) in [6, 6.07) is 19.0. The Hall–Kier alpha value is -3.49. The van der Waals surface area contributed by atoms with E-state index < -0.39 is 5.92 Å². The second kappa shape index (κ2) is 7.74. The molecule has 150 valence electrons. The first kappa shape index (κ1) is 19.8. The lowest BCUT2D eigenvalue weighted by atomic mass is 9.84. The molecule has 1 aromatic heterocycles. The minimum Gasteiger partial charge on any atom is -0.440 e. The van der Waals surface area contributed by atoms with Crippen LogP contribution in [0.3, 0.4) is 0 Å². The smallest absolute Gasteiger partial charge is 0.259 e. The van der Waals surface area contributed by atoms with Crippen molar-refractivity contribution in [2.24, 2.45) is 5.73 Å². The van der Waals surface area contributed by atoms with Crippen molar-refractivity contribution in [2.45, 2.75) is 26.3 Å².